The molecular weight excluding hydrogens is 384 g/mol. The molecule has 0 radical (unpaired) electrons. The SMILES string of the molecule is CCCCCc1ccc(C#CC2CCC(C3CCC(CCCC)CC3)CC2)cc1Cl. The van der Waals surface area contributed by atoms with Gasteiger partial charge < -0.3 is 0 Å². The van der Waals surface area contributed by atoms with Gasteiger partial charge in [0.05, 0.1) is 0 Å². The highest BCUT2D eigenvalue weighted by Crippen LogP contribution is 2.42. The van der Waals surface area contributed by atoms with E-state index in [0.29, 0.717) is 5.92 Å². The molecule has 1 aromatic carbocycles. The van der Waals surface area contributed by atoms with Gasteiger partial charge in [0.25, 0.3) is 0 Å². The van der Waals surface area contributed by atoms with E-state index in [0.717, 1.165) is 34.8 Å². The number of halogens is 1. The minimum absolute atomic E-state index is 0.588. The molecule has 30 heavy (non-hydrogen) atoms. The number of rotatable bonds is 8. The van der Waals surface area contributed by atoms with Crippen molar-refractivity contribution in [2.45, 2.75) is 110 Å². The lowest BCUT2D eigenvalue weighted by Crippen LogP contribution is -2.25. The average Bonchev–Trinajstić information content (AvgIpc) is 2.78. The molecule has 1 aromatic rings. The van der Waals surface area contributed by atoms with Crippen LogP contribution in [-0.4, -0.2) is 0 Å². The maximum Gasteiger partial charge on any atom is 0.0450 e. The van der Waals surface area contributed by atoms with Crippen LogP contribution in [0.2, 0.25) is 5.02 Å². The molecule has 2 saturated carbocycles. The summed E-state index contributed by atoms with van der Waals surface area (Å²) >= 11 is 6.51. The van der Waals surface area contributed by atoms with Gasteiger partial charge in [-0.1, -0.05) is 88.3 Å². The quantitative estimate of drug-likeness (QED) is 0.287. The largest absolute Gasteiger partial charge is 0.0945 e. The van der Waals surface area contributed by atoms with Crippen LogP contribution in [0.1, 0.15) is 115 Å². The molecule has 2 aliphatic carbocycles. The van der Waals surface area contributed by atoms with Crippen LogP contribution >= 0.6 is 11.6 Å². The Morgan fingerprint density at radius 3 is 2.13 bits per heavy atom. The third-order valence-corrected chi connectivity index (χ3v) is 8.17. The molecule has 0 unspecified atom stereocenters. The Balaban J connectivity index is 1.42. The second kappa shape index (κ2) is 12.8. The highest BCUT2D eigenvalue weighted by molar-refractivity contribution is 6.31. The summed E-state index contributed by atoms with van der Waals surface area (Å²) in [5, 5.41) is 0.899. The van der Waals surface area contributed by atoms with Gasteiger partial charge in [0, 0.05) is 16.5 Å². The molecule has 166 valence electrons. The first-order valence-electron chi connectivity index (χ1n) is 13.0. The van der Waals surface area contributed by atoms with Gasteiger partial charge in [0.15, 0.2) is 0 Å². The Morgan fingerprint density at radius 2 is 1.50 bits per heavy atom. The summed E-state index contributed by atoms with van der Waals surface area (Å²) in [6.07, 6.45) is 20.5. The molecule has 0 nitrogen and oxygen atoms in total. The van der Waals surface area contributed by atoms with E-state index >= 15 is 0 Å². The maximum atomic E-state index is 6.51. The van der Waals surface area contributed by atoms with Gasteiger partial charge in [0.2, 0.25) is 0 Å². The second-order valence-corrected chi connectivity index (χ2v) is 10.5. The number of benzene rings is 1. The van der Waals surface area contributed by atoms with Gasteiger partial charge in [-0.2, -0.15) is 0 Å². The average molecular weight is 427 g/mol. The van der Waals surface area contributed by atoms with Gasteiger partial charge in [0.1, 0.15) is 0 Å². The lowest BCUT2D eigenvalue weighted by molar-refractivity contribution is 0.153. The third-order valence-electron chi connectivity index (χ3n) is 7.82. The predicted octanol–water partition coefficient (Wildman–Crippen LogP) is 9.23. The van der Waals surface area contributed by atoms with E-state index in [1.54, 1.807) is 0 Å². The molecule has 0 aromatic heterocycles. The Hall–Kier alpha value is -0.930. The Bertz CT molecular complexity index is 678. The summed E-state index contributed by atoms with van der Waals surface area (Å²) in [6, 6.07) is 6.44. The van der Waals surface area contributed by atoms with Crippen molar-refractivity contribution < 1.29 is 0 Å². The van der Waals surface area contributed by atoms with Crippen molar-refractivity contribution in [3.8, 4) is 11.8 Å². The van der Waals surface area contributed by atoms with Crippen LogP contribution in [0.25, 0.3) is 0 Å². The van der Waals surface area contributed by atoms with Crippen molar-refractivity contribution in [3.63, 3.8) is 0 Å². The predicted molar refractivity (Wildman–Crippen MR) is 132 cm³/mol. The summed E-state index contributed by atoms with van der Waals surface area (Å²) in [6.45, 7) is 4.57. The molecule has 0 bridgehead atoms. The zero-order chi connectivity index (χ0) is 21.2. The van der Waals surface area contributed by atoms with Crippen molar-refractivity contribution in [1.29, 1.82) is 0 Å². The maximum absolute atomic E-state index is 6.51. The highest BCUT2D eigenvalue weighted by atomic mass is 35.5. The lowest BCUT2D eigenvalue weighted by Gasteiger charge is -2.37. The highest BCUT2D eigenvalue weighted by Gasteiger charge is 2.30. The van der Waals surface area contributed by atoms with E-state index in [2.05, 4.69) is 43.9 Å². The molecule has 3 rings (SSSR count). The van der Waals surface area contributed by atoms with Crippen molar-refractivity contribution in [2.75, 3.05) is 0 Å². The van der Waals surface area contributed by atoms with Gasteiger partial charge in [-0.05, 0) is 86.8 Å². The summed E-state index contributed by atoms with van der Waals surface area (Å²) in [5.41, 5.74) is 2.37. The summed E-state index contributed by atoms with van der Waals surface area (Å²) in [7, 11) is 0. The van der Waals surface area contributed by atoms with Gasteiger partial charge in [-0.3, -0.25) is 0 Å². The van der Waals surface area contributed by atoms with E-state index in [1.807, 2.05) is 0 Å². The first kappa shape index (κ1) is 23.7. The summed E-state index contributed by atoms with van der Waals surface area (Å²) in [4.78, 5) is 0. The van der Waals surface area contributed by atoms with Crippen LogP contribution in [0, 0.1) is 35.5 Å². The van der Waals surface area contributed by atoms with E-state index in [1.165, 1.54) is 95.5 Å². The molecule has 0 atom stereocenters. The first-order valence-corrected chi connectivity index (χ1v) is 13.4. The fourth-order valence-corrected chi connectivity index (χ4v) is 6.03. The van der Waals surface area contributed by atoms with Crippen molar-refractivity contribution in [3.05, 3.63) is 34.3 Å². The van der Waals surface area contributed by atoms with Crippen LogP contribution in [0.5, 0.6) is 0 Å². The van der Waals surface area contributed by atoms with E-state index in [-0.39, 0.29) is 0 Å². The van der Waals surface area contributed by atoms with Crippen molar-refractivity contribution in [2.24, 2.45) is 23.7 Å². The van der Waals surface area contributed by atoms with Crippen molar-refractivity contribution >= 4 is 11.6 Å². The summed E-state index contributed by atoms with van der Waals surface area (Å²) in [5.74, 6) is 10.6. The minimum Gasteiger partial charge on any atom is -0.0945 e. The molecule has 0 aliphatic heterocycles. The van der Waals surface area contributed by atoms with E-state index in [4.69, 9.17) is 11.6 Å². The molecule has 1 heteroatoms. The Kier molecular flexibility index (Phi) is 10.1. The fraction of sp³-hybridized carbons (Fsp3) is 0.724. The standard InChI is InChI=1S/C29H43Cl/c1-3-5-7-9-28-21-16-25(22-29(28)30)11-10-24-14-19-27(20-15-24)26-17-12-23(13-18-26)8-6-4-2/h16,21-24,26-27H,3-9,12-15,17-20H2,1-2H3. The molecule has 0 N–H and O–H groups in total. The van der Waals surface area contributed by atoms with E-state index < -0.39 is 0 Å². The number of aryl methyl sites for hydroxylation is 1. The Labute approximate surface area is 191 Å². The van der Waals surface area contributed by atoms with Crippen molar-refractivity contribution in [1.82, 2.24) is 0 Å². The van der Waals surface area contributed by atoms with Crippen LogP contribution < -0.4 is 0 Å². The zero-order valence-corrected chi connectivity index (χ0v) is 20.3. The number of hydrogen-bond acceptors (Lipinski definition) is 0. The first-order chi connectivity index (χ1) is 14.7. The Morgan fingerprint density at radius 1 is 0.833 bits per heavy atom. The third kappa shape index (κ3) is 7.34. The molecule has 0 amide bonds. The monoisotopic (exact) mass is 426 g/mol. The van der Waals surface area contributed by atoms with Gasteiger partial charge in [-0.15, -0.1) is 0 Å². The summed E-state index contributed by atoms with van der Waals surface area (Å²) < 4.78 is 0. The number of hydrogen-bond donors (Lipinski definition) is 0. The lowest BCUT2D eigenvalue weighted by atomic mass is 9.69. The van der Waals surface area contributed by atoms with Crippen LogP contribution in [0.3, 0.4) is 0 Å². The normalized spacial score (nSPS) is 26.8. The smallest absolute Gasteiger partial charge is 0.0450 e. The molecule has 0 spiro atoms. The van der Waals surface area contributed by atoms with Crippen LogP contribution in [0.15, 0.2) is 18.2 Å². The molecule has 2 fully saturated rings. The minimum atomic E-state index is 0.588. The topological polar surface area (TPSA) is 0 Å². The van der Waals surface area contributed by atoms with Crippen LogP contribution in [-0.2, 0) is 6.42 Å². The molecule has 2 aliphatic rings. The van der Waals surface area contributed by atoms with Gasteiger partial charge in [-0.25, -0.2) is 0 Å². The molecule has 0 heterocycles. The van der Waals surface area contributed by atoms with Gasteiger partial charge >= 0.3 is 0 Å². The molecule has 0 saturated heterocycles. The molecular formula is C29H43Cl. The fourth-order valence-electron chi connectivity index (χ4n) is 5.75. The van der Waals surface area contributed by atoms with E-state index in [9.17, 15) is 0 Å². The van der Waals surface area contributed by atoms with Crippen LogP contribution in [0.4, 0.5) is 0 Å². The number of unbranched alkanes of at least 4 members (excludes halogenated alkanes) is 3. The zero-order valence-electron chi connectivity index (χ0n) is 19.5. The second-order valence-electron chi connectivity index (χ2n) is 10.1.